The molecule has 1 aliphatic carbocycles. The Morgan fingerprint density at radius 2 is 1.56 bits per heavy atom. The molecule has 0 unspecified atom stereocenters. The van der Waals surface area contributed by atoms with E-state index in [9.17, 15) is 0 Å². The Labute approximate surface area is 101 Å². The number of likely N-dealkylation sites (tertiary alicyclic amines) is 1. The van der Waals surface area contributed by atoms with Crippen LogP contribution in [0.2, 0.25) is 0 Å². The number of nitrogens with zero attached hydrogens (tertiary/aromatic N) is 1. The molecule has 1 saturated heterocycles. The zero-order valence-corrected chi connectivity index (χ0v) is 10.9. The molecule has 2 fully saturated rings. The summed E-state index contributed by atoms with van der Waals surface area (Å²) in [5.74, 6) is 0. The van der Waals surface area contributed by atoms with Crippen LogP contribution in [-0.4, -0.2) is 38.1 Å². The summed E-state index contributed by atoms with van der Waals surface area (Å²) in [6.45, 7) is 5.29. The normalized spacial score (nSPS) is 26.8. The largest absolute Gasteiger partial charge is 0.319 e. The van der Waals surface area contributed by atoms with Crippen molar-refractivity contribution in [1.82, 2.24) is 10.2 Å². The second kappa shape index (κ2) is 6.02. The average Bonchev–Trinajstić information content (AvgIpc) is 2.57. The van der Waals surface area contributed by atoms with Crippen LogP contribution in [0.15, 0.2) is 0 Å². The van der Waals surface area contributed by atoms with Crippen molar-refractivity contribution in [3.05, 3.63) is 0 Å². The van der Waals surface area contributed by atoms with Gasteiger partial charge in [-0.3, -0.25) is 0 Å². The Morgan fingerprint density at radius 3 is 2.12 bits per heavy atom. The molecule has 0 amide bonds. The van der Waals surface area contributed by atoms with Gasteiger partial charge in [-0.05, 0) is 51.2 Å². The quantitative estimate of drug-likeness (QED) is 0.790. The predicted molar refractivity (Wildman–Crippen MR) is 69.7 cm³/mol. The van der Waals surface area contributed by atoms with Crippen molar-refractivity contribution in [2.45, 2.75) is 51.4 Å². The second-order valence-electron chi connectivity index (χ2n) is 5.93. The van der Waals surface area contributed by atoms with Crippen molar-refractivity contribution in [2.75, 3.05) is 33.2 Å². The van der Waals surface area contributed by atoms with E-state index >= 15 is 0 Å². The minimum atomic E-state index is 0.610. The average molecular weight is 224 g/mol. The monoisotopic (exact) mass is 224 g/mol. The lowest BCUT2D eigenvalue weighted by atomic mass is 9.85. The number of hydrogen-bond donors (Lipinski definition) is 1. The van der Waals surface area contributed by atoms with Crippen molar-refractivity contribution < 1.29 is 0 Å². The van der Waals surface area contributed by atoms with Gasteiger partial charge in [0.1, 0.15) is 0 Å². The zero-order valence-electron chi connectivity index (χ0n) is 10.9. The van der Waals surface area contributed by atoms with E-state index in [1.165, 1.54) is 77.5 Å². The molecule has 0 aromatic rings. The van der Waals surface area contributed by atoms with Gasteiger partial charge in [-0.25, -0.2) is 0 Å². The van der Waals surface area contributed by atoms with E-state index in [1.54, 1.807) is 0 Å². The molecule has 2 rings (SSSR count). The smallest absolute Gasteiger partial charge is 0.00501 e. The molecular weight excluding hydrogens is 196 g/mol. The van der Waals surface area contributed by atoms with Crippen LogP contribution >= 0.6 is 0 Å². The van der Waals surface area contributed by atoms with Crippen molar-refractivity contribution in [3.8, 4) is 0 Å². The van der Waals surface area contributed by atoms with E-state index in [4.69, 9.17) is 0 Å². The van der Waals surface area contributed by atoms with Crippen LogP contribution in [0.1, 0.15) is 51.4 Å². The Balaban J connectivity index is 1.88. The van der Waals surface area contributed by atoms with Crippen LogP contribution in [0.3, 0.4) is 0 Å². The third kappa shape index (κ3) is 3.21. The van der Waals surface area contributed by atoms with Crippen molar-refractivity contribution >= 4 is 0 Å². The van der Waals surface area contributed by atoms with Gasteiger partial charge in [-0.2, -0.15) is 0 Å². The molecule has 94 valence electrons. The van der Waals surface area contributed by atoms with Gasteiger partial charge in [0.15, 0.2) is 0 Å². The van der Waals surface area contributed by atoms with E-state index in [-0.39, 0.29) is 0 Å². The molecule has 0 radical (unpaired) electrons. The molecule has 0 bridgehead atoms. The van der Waals surface area contributed by atoms with Gasteiger partial charge in [-0.1, -0.05) is 25.7 Å². The fraction of sp³-hybridized carbons (Fsp3) is 1.00. The molecule has 16 heavy (non-hydrogen) atoms. The van der Waals surface area contributed by atoms with Crippen molar-refractivity contribution in [1.29, 1.82) is 0 Å². The predicted octanol–water partition coefficient (Wildman–Crippen LogP) is 2.64. The second-order valence-corrected chi connectivity index (χ2v) is 5.93. The Bertz CT molecular complexity index is 189. The highest BCUT2D eigenvalue weighted by atomic mass is 15.1. The lowest BCUT2D eigenvalue weighted by Crippen LogP contribution is -2.42. The van der Waals surface area contributed by atoms with Crippen LogP contribution in [0.25, 0.3) is 0 Å². The molecule has 1 aliphatic heterocycles. The summed E-state index contributed by atoms with van der Waals surface area (Å²) in [6, 6.07) is 0. The molecule has 2 nitrogen and oxygen atoms in total. The zero-order chi connectivity index (χ0) is 11.3. The SMILES string of the molecule is CNCC1(CN2CCCCCC2)CCCC1. The molecule has 0 aromatic carbocycles. The highest BCUT2D eigenvalue weighted by molar-refractivity contribution is 4.89. The van der Waals surface area contributed by atoms with Crippen molar-refractivity contribution in [3.63, 3.8) is 0 Å². The Kier molecular flexibility index (Phi) is 4.66. The summed E-state index contributed by atoms with van der Waals surface area (Å²) < 4.78 is 0. The van der Waals surface area contributed by atoms with E-state index in [2.05, 4.69) is 17.3 Å². The number of hydrogen-bond acceptors (Lipinski definition) is 2. The maximum atomic E-state index is 3.43. The van der Waals surface area contributed by atoms with Crippen LogP contribution in [-0.2, 0) is 0 Å². The fourth-order valence-electron chi connectivity index (χ4n) is 3.66. The summed E-state index contributed by atoms with van der Waals surface area (Å²) in [6.07, 6.45) is 11.6. The van der Waals surface area contributed by atoms with Crippen LogP contribution < -0.4 is 5.32 Å². The van der Waals surface area contributed by atoms with Gasteiger partial charge in [0.25, 0.3) is 0 Å². The molecule has 0 aromatic heterocycles. The van der Waals surface area contributed by atoms with Gasteiger partial charge in [-0.15, -0.1) is 0 Å². The third-order valence-electron chi connectivity index (χ3n) is 4.47. The minimum absolute atomic E-state index is 0.610. The summed E-state index contributed by atoms with van der Waals surface area (Å²) in [4.78, 5) is 2.75. The summed E-state index contributed by atoms with van der Waals surface area (Å²) >= 11 is 0. The van der Waals surface area contributed by atoms with Gasteiger partial charge in [0.2, 0.25) is 0 Å². The molecule has 1 heterocycles. The first-order chi connectivity index (χ1) is 7.85. The van der Waals surface area contributed by atoms with Gasteiger partial charge in [0, 0.05) is 13.1 Å². The highest BCUT2D eigenvalue weighted by Gasteiger charge is 2.34. The highest BCUT2D eigenvalue weighted by Crippen LogP contribution is 2.38. The summed E-state index contributed by atoms with van der Waals surface area (Å²) in [5, 5.41) is 3.43. The molecular formula is C14H28N2. The van der Waals surface area contributed by atoms with E-state index in [0.29, 0.717) is 5.41 Å². The van der Waals surface area contributed by atoms with Crippen LogP contribution in [0.5, 0.6) is 0 Å². The van der Waals surface area contributed by atoms with Crippen molar-refractivity contribution in [2.24, 2.45) is 5.41 Å². The first-order valence-corrected chi connectivity index (χ1v) is 7.22. The molecule has 2 heteroatoms. The summed E-state index contributed by atoms with van der Waals surface area (Å²) in [5.41, 5.74) is 0.610. The van der Waals surface area contributed by atoms with Gasteiger partial charge in [0.05, 0.1) is 0 Å². The third-order valence-corrected chi connectivity index (χ3v) is 4.47. The maximum absolute atomic E-state index is 3.43. The standard InChI is InChI=1S/C14H28N2/c1-15-12-14(8-4-5-9-14)13-16-10-6-2-3-7-11-16/h15H,2-13H2,1H3. The molecule has 1 N–H and O–H groups in total. The van der Waals surface area contributed by atoms with Gasteiger partial charge >= 0.3 is 0 Å². The molecule has 1 saturated carbocycles. The number of rotatable bonds is 4. The first kappa shape index (κ1) is 12.4. The topological polar surface area (TPSA) is 15.3 Å². The Hall–Kier alpha value is -0.0800. The minimum Gasteiger partial charge on any atom is -0.319 e. The maximum Gasteiger partial charge on any atom is 0.00501 e. The van der Waals surface area contributed by atoms with E-state index in [1.807, 2.05) is 0 Å². The van der Waals surface area contributed by atoms with Crippen LogP contribution in [0, 0.1) is 5.41 Å². The first-order valence-electron chi connectivity index (χ1n) is 7.22. The Morgan fingerprint density at radius 1 is 0.938 bits per heavy atom. The lowest BCUT2D eigenvalue weighted by Gasteiger charge is -2.35. The number of nitrogens with one attached hydrogen (secondary N) is 1. The molecule has 0 atom stereocenters. The van der Waals surface area contributed by atoms with E-state index < -0.39 is 0 Å². The fourth-order valence-corrected chi connectivity index (χ4v) is 3.66. The molecule has 0 spiro atoms. The van der Waals surface area contributed by atoms with E-state index in [0.717, 1.165) is 0 Å². The summed E-state index contributed by atoms with van der Waals surface area (Å²) in [7, 11) is 2.11. The van der Waals surface area contributed by atoms with Gasteiger partial charge < -0.3 is 10.2 Å². The molecule has 2 aliphatic rings. The lowest BCUT2D eigenvalue weighted by molar-refractivity contribution is 0.154. The van der Waals surface area contributed by atoms with Crippen LogP contribution in [0.4, 0.5) is 0 Å².